The fourth-order valence-corrected chi connectivity index (χ4v) is 6.09. The van der Waals surface area contributed by atoms with Gasteiger partial charge in [0.05, 0.1) is 0 Å². The fourth-order valence-electron chi connectivity index (χ4n) is 6.09. The first-order valence-electron chi connectivity index (χ1n) is 8.24. The lowest BCUT2D eigenvalue weighted by molar-refractivity contribution is -0.0674. The third kappa shape index (κ3) is 2.09. The summed E-state index contributed by atoms with van der Waals surface area (Å²) in [5, 5.41) is 0. The molecular weight excluding hydrogens is 244 g/mol. The lowest BCUT2D eigenvalue weighted by Crippen LogP contribution is -2.50. The highest BCUT2D eigenvalue weighted by molar-refractivity contribution is 5.20. The van der Waals surface area contributed by atoms with Crippen LogP contribution in [0.15, 0.2) is 24.5 Å². The predicted molar refractivity (Wildman–Crippen MR) is 81.0 cm³/mol. The average Bonchev–Trinajstić information content (AvgIpc) is 2.36. The molecule has 2 nitrogen and oxygen atoms in total. The molecule has 4 bridgehead atoms. The van der Waals surface area contributed by atoms with Crippen LogP contribution in [0.4, 0.5) is 0 Å². The largest absolute Gasteiger partial charge is 0.322 e. The van der Waals surface area contributed by atoms with Crippen molar-refractivity contribution in [3.63, 3.8) is 0 Å². The highest BCUT2D eigenvalue weighted by Crippen LogP contribution is 2.62. The molecule has 1 aromatic rings. The van der Waals surface area contributed by atoms with Crippen molar-refractivity contribution in [3.05, 3.63) is 30.1 Å². The fraction of sp³-hybridized carbons (Fsp3) is 0.722. The third-order valence-corrected chi connectivity index (χ3v) is 6.23. The lowest BCUT2D eigenvalue weighted by atomic mass is 9.47. The van der Waals surface area contributed by atoms with Gasteiger partial charge in [-0.3, -0.25) is 4.98 Å². The van der Waals surface area contributed by atoms with Crippen LogP contribution < -0.4 is 5.73 Å². The molecule has 4 aliphatic carbocycles. The van der Waals surface area contributed by atoms with Crippen molar-refractivity contribution in [1.82, 2.24) is 4.98 Å². The van der Waals surface area contributed by atoms with E-state index in [1.165, 1.54) is 44.1 Å². The Balaban J connectivity index is 1.59. The molecule has 0 aromatic carbocycles. The van der Waals surface area contributed by atoms with Crippen molar-refractivity contribution in [2.24, 2.45) is 28.9 Å². The van der Waals surface area contributed by atoms with E-state index in [9.17, 15) is 0 Å². The normalized spacial score (nSPS) is 41.6. The summed E-state index contributed by atoms with van der Waals surface area (Å²) in [5.74, 6) is 3.02. The van der Waals surface area contributed by atoms with Crippen molar-refractivity contribution in [2.75, 3.05) is 0 Å². The van der Waals surface area contributed by atoms with Crippen LogP contribution in [0.2, 0.25) is 0 Å². The van der Waals surface area contributed by atoms with Crippen LogP contribution in [-0.2, 0) is 5.54 Å². The highest BCUT2D eigenvalue weighted by Gasteiger charge is 2.52. The Hall–Kier alpha value is -0.890. The summed E-state index contributed by atoms with van der Waals surface area (Å²) in [6, 6.07) is 4.16. The van der Waals surface area contributed by atoms with Crippen molar-refractivity contribution in [2.45, 2.75) is 57.4 Å². The Morgan fingerprint density at radius 2 is 1.80 bits per heavy atom. The van der Waals surface area contributed by atoms with Gasteiger partial charge >= 0.3 is 0 Å². The third-order valence-electron chi connectivity index (χ3n) is 6.23. The molecule has 2 heteroatoms. The summed E-state index contributed by atoms with van der Waals surface area (Å²) in [4.78, 5) is 4.27. The van der Waals surface area contributed by atoms with E-state index >= 15 is 0 Å². The number of nitrogens with two attached hydrogens (primary N) is 1. The van der Waals surface area contributed by atoms with E-state index in [0.29, 0.717) is 5.41 Å². The Morgan fingerprint density at radius 3 is 2.30 bits per heavy atom. The van der Waals surface area contributed by atoms with Crippen LogP contribution in [0.25, 0.3) is 0 Å². The summed E-state index contributed by atoms with van der Waals surface area (Å²) in [6.07, 6.45) is 13.8. The van der Waals surface area contributed by atoms with Crippen LogP contribution in [0.3, 0.4) is 0 Å². The second kappa shape index (κ2) is 4.30. The van der Waals surface area contributed by atoms with Gasteiger partial charge in [-0.1, -0.05) is 6.07 Å². The van der Waals surface area contributed by atoms with Gasteiger partial charge in [0, 0.05) is 17.9 Å². The number of nitrogens with zero attached hydrogens (tertiary/aromatic N) is 1. The maximum absolute atomic E-state index is 6.72. The minimum Gasteiger partial charge on any atom is -0.322 e. The summed E-state index contributed by atoms with van der Waals surface area (Å²) in [5.41, 5.74) is 8.24. The van der Waals surface area contributed by atoms with Gasteiger partial charge in [-0.25, -0.2) is 0 Å². The smallest absolute Gasteiger partial charge is 0.0401 e. The van der Waals surface area contributed by atoms with Gasteiger partial charge in [0.25, 0.3) is 0 Å². The maximum atomic E-state index is 6.72. The van der Waals surface area contributed by atoms with E-state index in [1.807, 2.05) is 18.5 Å². The predicted octanol–water partition coefficient (Wildman–Crippen LogP) is 3.86. The van der Waals surface area contributed by atoms with Crippen molar-refractivity contribution >= 4 is 0 Å². The molecule has 4 aliphatic rings. The van der Waals surface area contributed by atoms with Crippen molar-refractivity contribution in [1.29, 1.82) is 0 Å². The zero-order valence-electron chi connectivity index (χ0n) is 12.5. The molecule has 108 valence electrons. The van der Waals surface area contributed by atoms with Gasteiger partial charge in [0.2, 0.25) is 0 Å². The molecule has 1 aromatic heterocycles. The summed E-state index contributed by atoms with van der Waals surface area (Å²) in [6.45, 7) is 2.21. The van der Waals surface area contributed by atoms with Crippen LogP contribution in [0.5, 0.6) is 0 Å². The molecule has 4 saturated carbocycles. The number of hydrogen-bond donors (Lipinski definition) is 1. The molecule has 0 radical (unpaired) electrons. The molecule has 5 rings (SSSR count). The average molecular weight is 270 g/mol. The minimum atomic E-state index is -0.222. The number of hydrogen-bond acceptors (Lipinski definition) is 2. The van der Waals surface area contributed by atoms with Gasteiger partial charge in [-0.15, -0.1) is 0 Å². The molecule has 20 heavy (non-hydrogen) atoms. The molecule has 0 amide bonds. The van der Waals surface area contributed by atoms with E-state index < -0.39 is 0 Å². The molecule has 0 aliphatic heterocycles. The Bertz CT molecular complexity index is 456. The van der Waals surface area contributed by atoms with Gasteiger partial charge in [0.1, 0.15) is 0 Å². The Morgan fingerprint density at radius 1 is 1.20 bits per heavy atom. The van der Waals surface area contributed by atoms with Crippen LogP contribution in [-0.4, -0.2) is 4.98 Å². The first-order chi connectivity index (χ1) is 9.55. The van der Waals surface area contributed by atoms with Gasteiger partial charge in [-0.2, -0.15) is 0 Å². The van der Waals surface area contributed by atoms with Gasteiger partial charge in [0.15, 0.2) is 0 Å². The summed E-state index contributed by atoms with van der Waals surface area (Å²) in [7, 11) is 0. The second-order valence-electron chi connectivity index (χ2n) is 8.25. The SMILES string of the molecule is CC(N)(CC12CC3CC(CC(C3)C1)C2)c1cccnc1. The molecule has 1 heterocycles. The Kier molecular flexibility index (Phi) is 2.76. The van der Waals surface area contributed by atoms with Crippen LogP contribution >= 0.6 is 0 Å². The summed E-state index contributed by atoms with van der Waals surface area (Å²) < 4.78 is 0. The van der Waals surface area contributed by atoms with Crippen LogP contribution in [0.1, 0.15) is 57.4 Å². The maximum Gasteiger partial charge on any atom is 0.0401 e. The standard InChI is InChI=1S/C18H26N2/c1-17(19,16-3-2-4-20-11-16)12-18-8-13-5-14(9-18)7-15(6-13)10-18/h2-4,11,13-15H,5-10,12,19H2,1H3. The second-order valence-corrected chi connectivity index (χ2v) is 8.25. The number of rotatable bonds is 3. The molecular formula is C18H26N2. The van der Waals surface area contributed by atoms with Crippen molar-refractivity contribution < 1.29 is 0 Å². The number of pyridine rings is 1. The first-order valence-corrected chi connectivity index (χ1v) is 8.24. The minimum absolute atomic E-state index is 0.222. The zero-order valence-corrected chi connectivity index (χ0v) is 12.5. The lowest BCUT2D eigenvalue weighted by Gasteiger charge is -2.58. The Labute approximate surface area is 122 Å². The topological polar surface area (TPSA) is 38.9 Å². The van der Waals surface area contributed by atoms with Crippen molar-refractivity contribution in [3.8, 4) is 0 Å². The molecule has 0 saturated heterocycles. The highest BCUT2D eigenvalue weighted by atomic mass is 14.8. The van der Waals surface area contributed by atoms with Gasteiger partial charge < -0.3 is 5.73 Å². The van der Waals surface area contributed by atoms with E-state index in [0.717, 1.165) is 24.2 Å². The van der Waals surface area contributed by atoms with E-state index in [4.69, 9.17) is 5.73 Å². The molecule has 2 N–H and O–H groups in total. The molecule has 1 unspecified atom stereocenters. The van der Waals surface area contributed by atoms with E-state index in [1.54, 1.807) is 0 Å². The van der Waals surface area contributed by atoms with Crippen LogP contribution in [0, 0.1) is 23.2 Å². The van der Waals surface area contributed by atoms with E-state index in [2.05, 4.69) is 18.0 Å². The van der Waals surface area contributed by atoms with E-state index in [-0.39, 0.29) is 5.54 Å². The zero-order chi connectivity index (χ0) is 13.8. The first kappa shape index (κ1) is 12.8. The molecule has 1 atom stereocenters. The molecule has 4 fully saturated rings. The number of aromatic nitrogens is 1. The molecule has 0 spiro atoms. The van der Waals surface area contributed by atoms with Gasteiger partial charge in [-0.05, 0) is 86.7 Å². The monoisotopic (exact) mass is 270 g/mol. The summed E-state index contributed by atoms with van der Waals surface area (Å²) >= 11 is 0. The quantitative estimate of drug-likeness (QED) is 0.905.